The van der Waals surface area contributed by atoms with Gasteiger partial charge in [0.05, 0.1) is 23.0 Å². The first-order valence-electron chi connectivity index (χ1n) is 6.76. The van der Waals surface area contributed by atoms with Gasteiger partial charge in [-0.2, -0.15) is 0 Å². The summed E-state index contributed by atoms with van der Waals surface area (Å²) in [6.45, 7) is 1.53. The molecule has 22 heavy (non-hydrogen) atoms. The highest BCUT2D eigenvalue weighted by Gasteiger charge is 2.28. The van der Waals surface area contributed by atoms with Gasteiger partial charge in [0.25, 0.3) is 5.69 Å². The standard InChI is InChI=1S/C13H17N3O5S/c1-9-11(3-2-4-12(9)16(18)19)14-7-13(17)15-10-5-6-22(20,21)8-10/h2-4,10,14H,5-8H2,1H3,(H,15,17). The van der Waals surface area contributed by atoms with E-state index < -0.39 is 14.8 Å². The molecule has 2 N–H and O–H groups in total. The third-order valence-electron chi connectivity index (χ3n) is 3.54. The van der Waals surface area contributed by atoms with Crippen LogP contribution in [0.1, 0.15) is 12.0 Å². The van der Waals surface area contributed by atoms with E-state index in [1.807, 2.05) is 0 Å². The van der Waals surface area contributed by atoms with Gasteiger partial charge in [0.2, 0.25) is 5.91 Å². The Morgan fingerprint density at radius 2 is 2.18 bits per heavy atom. The van der Waals surface area contributed by atoms with Crippen LogP contribution in [0.5, 0.6) is 0 Å². The van der Waals surface area contributed by atoms with Crippen LogP contribution in [-0.4, -0.2) is 43.3 Å². The van der Waals surface area contributed by atoms with Gasteiger partial charge in [-0.15, -0.1) is 0 Å². The van der Waals surface area contributed by atoms with Crippen molar-refractivity contribution in [2.45, 2.75) is 19.4 Å². The highest BCUT2D eigenvalue weighted by molar-refractivity contribution is 7.91. The van der Waals surface area contributed by atoms with Crippen LogP contribution in [0, 0.1) is 17.0 Å². The zero-order valence-corrected chi connectivity index (χ0v) is 12.9. The molecule has 1 fully saturated rings. The predicted octanol–water partition coefficient (Wildman–Crippen LogP) is 0.618. The van der Waals surface area contributed by atoms with Crippen LogP contribution in [0.25, 0.3) is 0 Å². The highest BCUT2D eigenvalue weighted by atomic mass is 32.2. The maximum Gasteiger partial charge on any atom is 0.274 e. The SMILES string of the molecule is Cc1c(NCC(=O)NC2CCS(=O)(=O)C2)cccc1[N+](=O)[O-]. The number of nitrogens with zero attached hydrogens (tertiary/aromatic N) is 1. The maximum absolute atomic E-state index is 11.8. The van der Waals surface area contributed by atoms with Crippen molar-refractivity contribution in [1.29, 1.82) is 0 Å². The van der Waals surface area contributed by atoms with Crippen molar-refractivity contribution in [3.8, 4) is 0 Å². The van der Waals surface area contributed by atoms with E-state index >= 15 is 0 Å². The summed E-state index contributed by atoms with van der Waals surface area (Å²) in [4.78, 5) is 22.2. The van der Waals surface area contributed by atoms with Gasteiger partial charge < -0.3 is 10.6 Å². The van der Waals surface area contributed by atoms with Gasteiger partial charge in [0.15, 0.2) is 9.84 Å². The van der Waals surface area contributed by atoms with Gasteiger partial charge in [-0.25, -0.2) is 8.42 Å². The minimum Gasteiger partial charge on any atom is -0.376 e. The Labute approximate surface area is 128 Å². The molecule has 0 radical (unpaired) electrons. The van der Waals surface area contributed by atoms with Crippen LogP contribution in [0.3, 0.4) is 0 Å². The van der Waals surface area contributed by atoms with Gasteiger partial charge in [0, 0.05) is 23.4 Å². The number of anilines is 1. The fourth-order valence-electron chi connectivity index (χ4n) is 2.38. The summed E-state index contributed by atoms with van der Waals surface area (Å²) >= 11 is 0. The van der Waals surface area contributed by atoms with Crippen LogP contribution in [-0.2, 0) is 14.6 Å². The molecule has 0 aromatic heterocycles. The van der Waals surface area contributed by atoms with E-state index in [1.165, 1.54) is 12.1 Å². The van der Waals surface area contributed by atoms with Gasteiger partial charge in [-0.3, -0.25) is 14.9 Å². The quantitative estimate of drug-likeness (QED) is 0.604. The minimum atomic E-state index is -3.04. The topological polar surface area (TPSA) is 118 Å². The Bertz CT molecular complexity index is 702. The molecule has 1 aromatic rings. The van der Waals surface area contributed by atoms with E-state index in [4.69, 9.17) is 0 Å². The van der Waals surface area contributed by atoms with Gasteiger partial charge in [-0.1, -0.05) is 6.07 Å². The van der Waals surface area contributed by atoms with Crippen molar-refractivity contribution >= 4 is 27.1 Å². The minimum absolute atomic E-state index is 0.0210. The highest BCUT2D eigenvalue weighted by Crippen LogP contribution is 2.24. The van der Waals surface area contributed by atoms with Crippen molar-refractivity contribution in [3.05, 3.63) is 33.9 Å². The molecule has 2 rings (SSSR count). The molecule has 1 aliphatic heterocycles. The average molecular weight is 327 g/mol. The van der Waals surface area contributed by atoms with E-state index in [-0.39, 0.29) is 35.7 Å². The molecule has 120 valence electrons. The predicted molar refractivity (Wildman–Crippen MR) is 81.5 cm³/mol. The van der Waals surface area contributed by atoms with E-state index in [0.717, 1.165) is 0 Å². The van der Waals surface area contributed by atoms with Crippen LogP contribution in [0.15, 0.2) is 18.2 Å². The second-order valence-corrected chi connectivity index (χ2v) is 7.46. The molecule has 1 amide bonds. The zero-order valence-electron chi connectivity index (χ0n) is 12.0. The van der Waals surface area contributed by atoms with Gasteiger partial charge >= 0.3 is 0 Å². The maximum atomic E-state index is 11.8. The molecule has 1 atom stereocenters. The first kappa shape index (κ1) is 16.2. The Balaban J connectivity index is 1.92. The van der Waals surface area contributed by atoms with E-state index in [2.05, 4.69) is 10.6 Å². The molecule has 1 aliphatic rings. The number of nitro benzene ring substituents is 1. The number of nitrogens with one attached hydrogen (secondary N) is 2. The fourth-order valence-corrected chi connectivity index (χ4v) is 4.05. The number of nitro groups is 1. The molecule has 1 heterocycles. The van der Waals surface area contributed by atoms with Crippen molar-refractivity contribution in [1.82, 2.24) is 5.32 Å². The molecule has 0 spiro atoms. The molecule has 9 heteroatoms. The molecule has 0 bridgehead atoms. The molecule has 1 unspecified atom stereocenters. The number of rotatable bonds is 5. The molecule has 1 saturated heterocycles. The number of hydrogen-bond donors (Lipinski definition) is 2. The number of amides is 1. The normalized spacial score (nSPS) is 19.6. The number of sulfone groups is 1. The molecule has 0 saturated carbocycles. The van der Waals surface area contributed by atoms with Crippen molar-refractivity contribution in [3.63, 3.8) is 0 Å². The van der Waals surface area contributed by atoms with Crippen LogP contribution in [0.2, 0.25) is 0 Å². The lowest BCUT2D eigenvalue weighted by atomic mass is 10.1. The average Bonchev–Trinajstić information content (AvgIpc) is 2.76. The summed E-state index contributed by atoms with van der Waals surface area (Å²) in [7, 11) is -3.04. The number of carbonyl (C=O) groups excluding carboxylic acids is 1. The van der Waals surface area contributed by atoms with Crippen LogP contribution >= 0.6 is 0 Å². The summed E-state index contributed by atoms with van der Waals surface area (Å²) in [5, 5.41) is 16.3. The lowest BCUT2D eigenvalue weighted by Crippen LogP contribution is -2.39. The first-order chi connectivity index (χ1) is 10.3. The van der Waals surface area contributed by atoms with Gasteiger partial charge in [0.1, 0.15) is 0 Å². The third-order valence-corrected chi connectivity index (χ3v) is 5.31. The summed E-state index contributed by atoms with van der Waals surface area (Å²) in [6, 6.07) is 4.22. The largest absolute Gasteiger partial charge is 0.376 e. The van der Waals surface area contributed by atoms with E-state index in [0.29, 0.717) is 17.7 Å². The molecular weight excluding hydrogens is 310 g/mol. The summed E-state index contributed by atoms with van der Waals surface area (Å²) in [5.74, 6) is -0.280. The monoisotopic (exact) mass is 327 g/mol. The first-order valence-corrected chi connectivity index (χ1v) is 8.58. The van der Waals surface area contributed by atoms with Crippen molar-refractivity contribution < 1.29 is 18.1 Å². The molecular formula is C13H17N3O5S. The number of hydrogen-bond acceptors (Lipinski definition) is 6. The van der Waals surface area contributed by atoms with Crippen LogP contribution < -0.4 is 10.6 Å². The van der Waals surface area contributed by atoms with Crippen molar-refractivity contribution in [2.75, 3.05) is 23.4 Å². The lowest BCUT2D eigenvalue weighted by Gasteiger charge is -2.13. The second kappa shape index (κ2) is 6.30. The summed E-state index contributed by atoms with van der Waals surface area (Å²) in [6.07, 6.45) is 0.421. The van der Waals surface area contributed by atoms with E-state index in [1.54, 1.807) is 13.0 Å². The van der Waals surface area contributed by atoms with E-state index in [9.17, 15) is 23.3 Å². The second-order valence-electron chi connectivity index (χ2n) is 5.23. The Kier molecular flexibility index (Phi) is 4.65. The third kappa shape index (κ3) is 3.94. The fraction of sp³-hybridized carbons (Fsp3) is 0.462. The summed E-state index contributed by atoms with van der Waals surface area (Å²) in [5.41, 5.74) is 0.930. The molecule has 8 nitrogen and oxygen atoms in total. The number of benzene rings is 1. The Hall–Kier alpha value is -2.16. The van der Waals surface area contributed by atoms with Crippen molar-refractivity contribution in [2.24, 2.45) is 0 Å². The Morgan fingerprint density at radius 1 is 1.45 bits per heavy atom. The summed E-state index contributed by atoms with van der Waals surface area (Å²) < 4.78 is 22.6. The smallest absolute Gasteiger partial charge is 0.274 e. The van der Waals surface area contributed by atoms with Gasteiger partial charge in [-0.05, 0) is 19.4 Å². The zero-order chi connectivity index (χ0) is 16.3. The Morgan fingerprint density at radius 3 is 2.77 bits per heavy atom. The molecule has 0 aliphatic carbocycles. The molecule has 1 aromatic carbocycles. The lowest BCUT2D eigenvalue weighted by molar-refractivity contribution is -0.385. The number of carbonyl (C=O) groups is 1. The van der Waals surface area contributed by atoms with Crippen LogP contribution in [0.4, 0.5) is 11.4 Å².